The Morgan fingerprint density at radius 1 is 1.20 bits per heavy atom. The van der Waals surface area contributed by atoms with Crippen molar-refractivity contribution in [3.05, 3.63) is 53.3 Å². The predicted octanol–water partition coefficient (Wildman–Crippen LogP) is 3.37. The fraction of sp³-hybridized carbons (Fsp3) is 0.267. The highest BCUT2D eigenvalue weighted by Gasteiger charge is 1.99. The van der Waals surface area contributed by atoms with Gasteiger partial charge in [-0.1, -0.05) is 23.7 Å². The van der Waals surface area contributed by atoms with Crippen LogP contribution in [0.5, 0.6) is 5.75 Å². The lowest BCUT2D eigenvalue weighted by Gasteiger charge is -2.09. The Kier molecular flexibility index (Phi) is 5.65. The van der Waals surface area contributed by atoms with Gasteiger partial charge in [-0.2, -0.15) is 0 Å². The lowest BCUT2D eigenvalue weighted by Crippen LogP contribution is -2.05. The molecule has 0 aliphatic rings. The van der Waals surface area contributed by atoms with E-state index in [-0.39, 0.29) is 0 Å². The number of hydrogen-bond acceptors (Lipinski definition) is 4. The second-order valence-corrected chi connectivity index (χ2v) is 4.60. The number of nitrogens with one attached hydrogen (secondary N) is 1. The number of halogens is 1. The molecule has 0 radical (unpaired) electrons. The first-order valence-electron chi connectivity index (χ1n) is 6.34. The smallest absolute Gasteiger partial charge is 0.131 e. The zero-order valence-corrected chi connectivity index (χ0v) is 12.1. The van der Waals surface area contributed by atoms with Crippen LogP contribution in [0.25, 0.3) is 0 Å². The van der Waals surface area contributed by atoms with E-state index in [2.05, 4.69) is 10.3 Å². The van der Waals surface area contributed by atoms with E-state index in [1.54, 1.807) is 19.4 Å². The van der Waals surface area contributed by atoms with Crippen LogP contribution in [-0.2, 0) is 11.3 Å². The van der Waals surface area contributed by atoms with Gasteiger partial charge in [-0.05, 0) is 29.8 Å². The molecule has 5 heteroatoms. The maximum atomic E-state index is 5.84. The molecule has 0 aliphatic carbocycles. The van der Waals surface area contributed by atoms with Gasteiger partial charge in [0.05, 0.1) is 6.61 Å². The zero-order chi connectivity index (χ0) is 14.2. The Balaban J connectivity index is 1.91. The summed E-state index contributed by atoms with van der Waals surface area (Å²) >= 11 is 5.84. The van der Waals surface area contributed by atoms with Crippen molar-refractivity contribution in [3.8, 4) is 5.75 Å². The highest BCUT2D eigenvalue weighted by atomic mass is 35.5. The van der Waals surface area contributed by atoms with E-state index in [0.717, 1.165) is 17.0 Å². The van der Waals surface area contributed by atoms with E-state index < -0.39 is 0 Å². The first-order chi connectivity index (χ1) is 9.78. The Morgan fingerprint density at radius 2 is 2.10 bits per heavy atom. The van der Waals surface area contributed by atoms with Crippen LogP contribution in [-0.4, -0.2) is 25.3 Å². The van der Waals surface area contributed by atoms with Crippen LogP contribution in [0, 0.1) is 0 Å². The average Bonchev–Trinajstić information content (AvgIpc) is 2.46. The number of aromatic nitrogens is 1. The van der Waals surface area contributed by atoms with Crippen LogP contribution in [0.1, 0.15) is 5.56 Å². The van der Waals surface area contributed by atoms with Crippen LogP contribution in [0.2, 0.25) is 5.15 Å². The van der Waals surface area contributed by atoms with Crippen molar-refractivity contribution in [1.82, 2.24) is 4.98 Å². The van der Waals surface area contributed by atoms with Crippen LogP contribution in [0.4, 0.5) is 5.69 Å². The summed E-state index contributed by atoms with van der Waals surface area (Å²) in [5.41, 5.74) is 2.07. The van der Waals surface area contributed by atoms with E-state index >= 15 is 0 Å². The molecule has 106 valence electrons. The monoisotopic (exact) mass is 292 g/mol. The van der Waals surface area contributed by atoms with Crippen molar-refractivity contribution in [2.24, 2.45) is 0 Å². The molecule has 4 nitrogen and oxygen atoms in total. The summed E-state index contributed by atoms with van der Waals surface area (Å²) in [5.74, 6) is 0.842. The highest BCUT2D eigenvalue weighted by molar-refractivity contribution is 6.29. The van der Waals surface area contributed by atoms with Gasteiger partial charge in [-0.3, -0.25) is 0 Å². The molecule has 1 N–H and O–H groups in total. The number of methoxy groups -OCH3 is 1. The molecule has 0 spiro atoms. The van der Waals surface area contributed by atoms with Gasteiger partial charge in [0, 0.05) is 25.5 Å². The van der Waals surface area contributed by atoms with Crippen LogP contribution < -0.4 is 10.1 Å². The molecule has 0 atom stereocenters. The van der Waals surface area contributed by atoms with Crippen LogP contribution in [0.15, 0.2) is 42.6 Å². The lowest BCUT2D eigenvalue weighted by atomic mass is 10.2. The second-order valence-electron chi connectivity index (χ2n) is 4.21. The van der Waals surface area contributed by atoms with Gasteiger partial charge in [-0.25, -0.2) is 4.98 Å². The van der Waals surface area contributed by atoms with Crippen molar-refractivity contribution in [2.45, 2.75) is 6.54 Å². The summed E-state index contributed by atoms with van der Waals surface area (Å²) in [4.78, 5) is 3.94. The van der Waals surface area contributed by atoms with E-state index in [1.807, 2.05) is 30.3 Å². The normalized spacial score (nSPS) is 10.3. The van der Waals surface area contributed by atoms with Gasteiger partial charge in [-0.15, -0.1) is 0 Å². The SMILES string of the molecule is COCCOc1cccc(CNc2ccnc(Cl)c2)c1. The third-order valence-electron chi connectivity index (χ3n) is 2.68. The van der Waals surface area contributed by atoms with Crippen molar-refractivity contribution in [1.29, 1.82) is 0 Å². The van der Waals surface area contributed by atoms with Crippen molar-refractivity contribution in [3.63, 3.8) is 0 Å². The maximum Gasteiger partial charge on any atom is 0.131 e. The molecule has 2 rings (SSSR count). The molecule has 0 unspecified atom stereocenters. The largest absolute Gasteiger partial charge is 0.491 e. The zero-order valence-electron chi connectivity index (χ0n) is 11.3. The maximum absolute atomic E-state index is 5.84. The molecule has 1 heterocycles. The third kappa shape index (κ3) is 4.72. The summed E-state index contributed by atoms with van der Waals surface area (Å²) in [6, 6.07) is 11.6. The summed E-state index contributed by atoms with van der Waals surface area (Å²) in [6.07, 6.45) is 1.68. The Hall–Kier alpha value is -1.78. The number of nitrogens with zero attached hydrogens (tertiary/aromatic N) is 1. The number of anilines is 1. The Bertz CT molecular complexity index is 549. The molecule has 2 aromatic rings. The van der Waals surface area contributed by atoms with Crippen molar-refractivity contribution in [2.75, 3.05) is 25.6 Å². The topological polar surface area (TPSA) is 43.4 Å². The first kappa shape index (κ1) is 14.6. The van der Waals surface area contributed by atoms with Gasteiger partial charge in [0.15, 0.2) is 0 Å². The van der Waals surface area contributed by atoms with E-state index in [1.165, 1.54) is 0 Å². The minimum atomic E-state index is 0.478. The molecule has 0 bridgehead atoms. The standard InChI is InChI=1S/C15H17ClN2O2/c1-19-7-8-20-14-4-2-3-12(9-14)11-18-13-5-6-17-15(16)10-13/h2-6,9-10H,7-8,11H2,1H3,(H,17,18). The Labute approximate surface area is 123 Å². The molecule has 0 saturated heterocycles. The summed E-state index contributed by atoms with van der Waals surface area (Å²) in [5, 5.41) is 3.77. The van der Waals surface area contributed by atoms with Crippen LogP contribution in [0.3, 0.4) is 0 Å². The van der Waals surface area contributed by atoms with Gasteiger partial charge < -0.3 is 14.8 Å². The molecule has 1 aromatic heterocycles. The third-order valence-corrected chi connectivity index (χ3v) is 2.88. The summed E-state index contributed by atoms with van der Waals surface area (Å²) in [7, 11) is 1.66. The molecule has 0 amide bonds. The van der Waals surface area contributed by atoms with E-state index in [9.17, 15) is 0 Å². The van der Waals surface area contributed by atoms with Gasteiger partial charge in [0.1, 0.15) is 17.5 Å². The number of benzene rings is 1. The molecule has 0 aliphatic heterocycles. The van der Waals surface area contributed by atoms with Gasteiger partial charge in [0.2, 0.25) is 0 Å². The fourth-order valence-electron chi connectivity index (χ4n) is 1.70. The molecule has 0 saturated carbocycles. The lowest BCUT2D eigenvalue weighted by molar-refractivity contribution is 0.146. The van der Waals surface area contributed by atoms with Gasteiger partial charge in [0.25, 0.3) is 0 Å². The van der Waals surface area contributed by atoms with Crippen molar-refractivity contribution < 1.29 is 9.47 Å². The highest BCUT2D eigenvalue weighted by Crippen LogP contribution is 2.16. The number of pyridine rings is 1. The first-order valence-corrected chi connectivity index (χ1v) is 6.72. The molecular weight excluding hydrogens is 276 g/mol. The second kappa shape index (κ2) is 7.72. The van der Waals surface area contributed by atoms with E-state index in [4.69, 9.17) is 21.1 Å². The van der Waals surface area contributed by atoms with Gasteiger partial charge >= 0.3 is 0 Å². The Morgan fingerprint density at radius 3 is 2.90 bits per heavy atom. The molecular formula is C15H17ClN2O2. The molecule has 20 heavy (non-hydrogen) atoms. The van der Waals surface area contributed by atoms with E-state index in [0.29, 0.717) is 24.9 Å². The summed E-state index contributed by atoms with van der Waals surface area (Å²) in [6.45, 7) is 1.83. The fourth-order valence-corrected chi connectivity index (χ4v) is 1.88. The molecule has 1 aromatic carbocycles. The minimum absolute atomic E-state index is 0.478. The molecule has 0 fully saturated rings. The van der Waals surface area contributed by atoms with Crippen LogP contribution >= 0.6 is 11.6 Å². The predicted molar refractivity (Wildman–Crippen MR) is 80.4 cm³/mol. The average molecular weight is 293 g/mol. The minimum Gasteiger partial charge on any atom is -0.491 e. The number of hydrogen-bond donors (Lipinski definition) is 1. The quantitative estimate of drug-likeness (QED) is 0.628. The summed E-state index contributed by atoms with van der Waals surface area (Å²) < 4.78 is 10.5. The number of ether oxygens (including phenoxy) is 2. The van der Waals surface area contributed by atoms with Crippen molar-refractivity contribution >= 4 is 17.3 Å². The number of rotatable bonds is 7.